The molecule has 0 spiro atoms. The van der Waals surface area contributed by atoms with Crippen molar-refractivity contribution in [2.45, 2.75) is 43.0 Å². The monoisotopic (exact) mass is 416 g/mol. The summed E-state index contributed by atoms with van der Waals surface area (Å²) in [4.78, 5) is 0. The van der Waals surface area contributed by atoms with E-state index in [1.54, 1.807) is 60.7 Å². The number of rotatable bonds is 5. The van der Waals surface area contributed by atoms with Crippen molar-refractivity contribution in [3.05, 3.63) is 83.4 Å². The molecule has 29 heavy (non-hydrogen) atoms. The van der Waals surface area contributed by atoms with Crippen LogP contribution in [0, 0.1) is 0 Å². The lowest BCUT2D eigenvalue weighted by Crippen LogP contribution is -2.47. The van der Waals surface area contributed by atoms with Gasteiger partial charge in [0.2, 0.25) is 6.10 Å². The molecule has 1 atom stereocenters. The molecule has 1 aliphatic rings. The summed E-state index contributed by atoms with van der Waals surface area (Å²) < 4.78 is 82.6. The maximum Gasteiger partial charge on any atom is 0.423 e. The van der Waals surface area contributed by atoms with Crippen LogP contribution < -0.4 is 0 Å². The molecule has 8 heteroatoms. The van der Waals surface area contributed by atoms with Crippen molar-refractivity contribution in [1.82, 2.24) is 0 Å². The molecule has 0 amide bonds. The number of alkyl halides is 6. The standard InChI is InChI=1S/C21H18F6O2/c22-20(23,24)18(21(25,26)27)29-17-13-7-12-16(17)19(28,14-8-3-1-4-9-14)15-10-5-2-6-11-15/h1-6,8-12,17-18,28H,7,13H2/t17-/m1/s1. The number of allylic oxidation sites excluding steroid dienone is 1. The lowest BCUT2D eigenvalue weighted by atomic mass is 9.78. The number of benzene rings is 2. The third kappa shape index (κ3) is 4.33. The van der Waals surface area contributed by atoms with E-state index in [-0.39, 0.29) is 18.4 Å². The van der Waals surface area contributed by atoms with Gasteiger partial charge in [-0.05, 0) is 29.5 Å². The Morgan fingerprint density at radius 1 is 0.793 bits per heavy atom. The molecule has 0 bridgehead atoms. The Kier molecular flexibility index (Phi) is 5.78. The van der Waals surface area contributed by atoms with E-state index in [2.05, 4.69) is 4.74 Å². The largest absolute Gasteiger partial charge is 0.423 e. The molecule has 2 aromatic rings. The fourth-order valence-electron chi connectivity index (χ4n) is 3.56. The van der Waals surface area contributed by atoms with Gasteiger partial charge in [0.1, 0.15) is 5.60 Å². The molecule has 2 aromatic carbocycles. The zero-order valence-corrected chi connectivity index (χ0v) is 15.0. The number of ether oxygens (including phenoxy) is 1. The molecule has 1 aliphatic carbocycles. The van der Waals surface area contributed by atoms with Crippen LogP contribution in [-0.4, -0.2) is 29.7 Å². The van der Waals surface area contributed by atoms with Crippen molar-refractivity contribution in [1.29, 1.82) is 0 Å². The quantitative estimate of drug-likeness (QED) is 0.514. The normalized spacial score (nSPS) is 18.2. The molecule has 1 N–H and O–H groups in total. The van der Waals surface area contributed by atoms with Crippen molar-refractivity contribution in [2.75, 3.05) is 0 Å². The summed E-state index contributed by atoms with van der Waals surface area (Å²) >= 11 is 0. The Hall–Kier alpha value is -2.32. The number of aliphatic hydroxyl groups is 1. The van der Waals surface area contributed by atoms with E-state index in [1.165, 1.54) is 6.08 Å². The number of hydrogen-bond acceptors (Lipinski definition) is 2. The maximum atomic E-state index is 13.0. The van der Waals surface area contributed by atoms with Crippen LogP contribution in [0.1, 0.15) is 24.0 Å². The van der Waals surface area contributed by atoms with E-state index in [0.717, 1.165) is 0 Å². The molecule has 0 saturated carbocycles. The van der Waals surface area contributed by atoms with Gasteiger partial charge in [0.15, 0.2) is 0 Å². The van der Waals surface area contributed by atoms with Crippen molar-refractivity contribution in [3.8, 4) is 0 Å². The highest BCUT2D eigenvalue weighted by molar-refractivity contribution is 5.47. The van der Waals surface area contributed by atoms with Gasteiger partial charge in [-0.1, -0.05) is 66.7 Å². The number of hydrogen-bond donors (Lipinski definition) is 1. The maximum absolute atomic E-state index is 13.0. The summed E-state index contributed by atoms with van der Waals surface area (Å²) in [5.74, 6) is 0. The molecule has 0 radical (unpaired) electrons. The summed E-state index contributed by atoms with van der Waals surface area (Å²) in [7, 11) is 0. The first-order valence-electron chi connectivity index (χ1n) is 8.87. The van der Waals surface area contributed by atoms with Crippen LogP contribution in [0.25, 0.3) is 0 Å². The second-order valence-electron chi connectivity index (χ2n) is 6.77. The smallest absolute Gasteiger partial charge is 0.376 e. The first-order valence-corrected chi connectivity index (χ1v) is 8.87. The second-order valence-corrected chi connectivity index (χ2v) is 6.77. The number of halogens is 6. The highest BCUT2D eigenvalue weighted by Crippen LogP contribution is 2.45. The van der Waals surface area contributed by atoms with Gasteiger partial charge < -0.3 is 9.84 Å². The average Bonchev–Trinajstić information content (AvgIpc) is 3.14. The Bertz CT molecular complexity index is 789. The highest BCUT2D eigenvalue weighted by Gasteiger charge is 2.59. The second kappa shape index (κ2) is 7.84. The summed E-state index contributed by atoms with van der Waals surface area (Å²) in [6.45, 7) is 0. The van der Waals surface area contributed by atoms with E-state index >= 15 is 0 Å². The van der Waals surface area contributed by atoms with Gasteiger partial charge in [0, 0.05) is 0 Å². The van der Waals surface area contributed by atoms with Crippen LogP contribution in [0.2, 0.25) is 0 Å². The molecule has 0 aromatic heterocycles. The Labute approximate surface area is 163 Å². The predicted molar refractivity (Wildman–Crippen MR) is 94.0 cm³/mol. The molecule has 0 fully saturated rings. The molecule has 2 nitrogen and oxygen atoms in total. The fraction of sp³-hybridized carbons (Fsp3) is 0.333. The van der Waals surface area contributed by atoms with Crippen LogP contribution in [-0.2, 0) is 10.3 Å². The molecule has 0 saturated heterocycles. The van der Waals surface area contributed by atoms with Gasteiger partial charge in [-0.25, -0.2) is 0 Å². The van der Waals surface area contributed by atoms with E-state index < -0.39 is 30.2 Å². The summed E-state index contributed by atoms with van der Waals surface area (Å²) in [6, 6.07) is 16.1. The minimum Gasteiger partial charge on any atom is -0.376 e. The van der Waals surface area contributed by atoms with Gasteiger partial charge in [0.05, 0.1) is 6.10 Å². The minimum atomic E-state index is -5.62. The minimum absolute atomic E-state index is 0.0339. The van der Waals surface area contributed by atoms with Crippen molar-refractivity contribution < 1.29 is 36.2 Å². The Balaban J connectivity index is 2.05. The van der Waals surface area contributed by atoms with Crippen LogP contribution in [0.3, 0.4) is 0 Å². The third-order valence-electron chi connectivity index (χ3n) is 4.84. The van der Waals surface area contributed by atoms with E-state index in [1.807, 2.05) is 0 Å². The van der Waals surface area contributed by atoms with Gasteiger partial charge in [0.25, 0.3) is 0 Å². The summed E-state index contributed by atoms with van der Waals surface area (Å²) in [5, 5.41) is 11.6. The fourth-order valence-corrected chi connectivity index (χ4v) is 3.56. The first-order chi connectivity index (χ1) is 13.5. The van der Waals surface area contributed by atoms with Crippen LogP contribution >= 0.6 is 0 Å². The van der Waals surface area contributed by atoms with Crippen molar-refractivity contribution >= 4 is 0 Å². The zero-order chi connectivity index (χ0) is 21.3. The van der Waals surface area contributed by atoms with E-state index in [0.29, 0.717) is 11.1 Å². The van der Waals surface area contributed by atoms with Gasteiger partial charge >= 0.3 is 12.4 Å². The van der Waals surface area contributed by atoms with Gasteiger partial charge in [-0.2, -0.15) is 26.3 Å². The SMILES string of the molecule is OC(C1=CCC[C@H]1OC(C(F)(F)F)C(F)(F)F)(c1ccccc1)c1ccccc1. The summed E-state index contributed by atoms with van der Waals surface area (Å²) in [5.41, 5.74) is -1.31. The molecule has 3 rings (SSSR count). The van der Waals surface area contributed by atoms with Crippen molar-refractivity contribution in [3.63, 3.8) is 0 Å². The molecular formula is C21H18F6O2. The molecule has 156 valence electrons. The van der Waals surface area contributed by atoms with E-state index in [9.17, 15) is 31.4 Å². The molecule has 0 heterocycles. The molecule has 0 aliphatic heterocycles. The average molecular weight is 416 g/mol. The highest BCUT2D eigenvalue weighted by atomic mass is 19.4. The Morgan fingerprint density at radius 3 is 1.66 bits per heavy atom. The topological polar surface area (TPSA) is 29.5 Å². The van der Waals surface area contributed by atoms with Gasteiger partial charge in [-0.3, -0.25) is 0 Å². The lowest BCUT2D eigenvalue weighted by Gasteiger charge is -2.36. The first kappa shape index (κ1) is 21.4. The van der Waals surface area contributed by atoms with Crippen LogP contribution in [0.4, 0.5) is 26.3 Å². The molecule has 0 unspecified atom stereocenters. The summed E-state index contributed by atoms with van der Waals surface area (Å²) in [6.07, 6.45) is -15.2. The zero-order valence-electron chi connectivity index (χ0n) is 15.0. The van der Waals surface area contributed by atoms with E-state index in [4.69, 9.17) is 0 Å². The lowest BCUT2D eigenvalue weighted by molar-refractivity contribution is -0.329. The Morgan fingerprint density at radius 2 is 1.24 bits per heavy atom. The third-order valence-corrected chi connectivity index (χ3v) is 4.84. The predicted octanol–water partition coefficient (Wildman–Crippen LogP) is 5.52. The van der Waals surface area contributed by atoms with Crippen molar-refractivity contribution in [2.24, 2.45) is 0 Å². The van der Waals surface area contributed by atoms with Gasteiger partial charge in [-0.15, -0.1) is 0 Å². The molecular weight excluding hydrogens is 398 g/mol. The van der Waals surface area contributed by atoms with Crippen LogP contribution in [0.15, 0.2) is 72.3 Å². The van der Waals surface area contributed by atoms with Crippen LogP contribution in [0.5, 0.6) is 0 Å².